The summed E-state index contributed by atoms with van der Waals surface area (Å²) in [5.41, 5.74) is 0.143. The Balaban J connectivity index is 2.29. The minimum absolute atomic E-state index is 0.143. The van der Waals surface area contributed by atoms with Crippen molar-refractivity contribution in [3.05, 3.63) is 35.5 Å². The van der Waals surface area contributed by atoms with Crippen LogP contribution >= 0.6 is 11.6 Å². The summed E-state index contributed by atoms with van der Waals surface area (Å²) >= 11 is 5.71. The summed E-state index contributed by atoms with van der Waals surface area (Å²) in [6.07, 6.45) is 5.80. The first-order valence-corrected chi connectivity index (χ1v) is 4.69. The van der Waals surface area contributed by atoms with Gasteiger partial charge >= 0.3 is 5.97 Å². The Kier molecular flexibility index (Phi) is 2.82. The number of carbonyl (C=O) groups is 1. The van der Waals surface area contributed by atoms with Crippen molar-refractivity contribution in [3.63, 3.8) is 0 Å². The second kappa shape index (κ2) is 4.28. The van der Waals surface area contributed by atoms with Gasteiger partial charge in [-0.25, -0.2) is 19.4 Å². The van der Waals surface area contributed by atoms with E-state index in [0.717, 1.165) is 0 Å². The van der Waals surface area contributed by atoms with E-state index < -0.39 is 5.97 Å². The summed E-state index contributed by atoms with van der Waals surface area (Å²) in [5.74, 6) is -0.0582. The molecule has 0 aliphatic carbocycles. The molecule has 16 heavy (non-hydrogen) atoms. The SMILES string of the molecule is COC(=O)c1cnc(-n2cc(Cl)cn2)cn1. The van der Waals surface area contributed by atoms with E-state index in [0.29, 0.717) is 10.8 Å². The van der Waals surface area contributed by atoms with Crippen LogP contribution in [0.4, 0.5) is 0 Å². The molecule has 0 radical (unpaired) electrons. The number of rotatable bonds is 2. The van der Waals surface area contributed by atoms with Gasteiger partial charge in [-0.3, -0.25) is 0 Å². The molecular weight excluding hydrogens is 232 g/mol. The third-order valence-electron chi connectivity index (χ3n) is 1.82. The van der Waals surface area contributed by atoms with Gasteiger partial charge in [0.05, 0.1) is 36.9 Å². The number of hydrogen-bond donors (Lipinski definition) is 0. The number of carbonyl (C=O) groups excluding carboxylic acids is 1. The summed E-state index contributed by atoms with van der Waals surface area (Å²) < 4.78 is 5.96. The zero-order valence-corrected chi connectivity index (χ0v) is 9.05. The lowest BCUT2D eigenvalue weighted by Crippen LogP contribution is -2.07. The van der Waals surface area contributed by atoms with Crippen molar-refractivity contribution in [1.29, 1.82) is 0 Å². The van der Waals surface area contributed by atoms with Crippen LogP contribution in [0.25, 0.3) is 5.82 Å². The maximum atomic E-state index is 11.1. The van der Waals surface area contributed by atoms with Crippen LogP contribution in [0.2, 0.25) is 5.02 Å². The lowest BCUT2D eigenvalue weighted by molar-refractivity contribution is 0.0593. The van der Waals surface area contributed by atoms with Gasteiger partial charge in [0, 0.05) is 0 Å². The smallest absolute Gasteiger partial charge is 0.358 e. The fourth-order valence-corrected chi connectivity index (χ4v) is 1.21. The molecule has 6 nitrogen and oxygen atoms in total. The van der Waals surface area contributed by atoms with Crippen LogP contribution in [-0.4, -0.2) is 32.8 Å². The molecule has 0 atom stereocenters. The highest BCUT2D eigenvalue weighted by molar-refractivity contribution is 6.30. The van der Waals surface area contributed by atoms with Gasteiger partial charge in [-0.15, -0.1) is 0 Å². The van der Waals surface area contributed by atoms with E-state index in [2.05, 4.69) is 19.8 Å². The molecule has 2 heterocycles. The lowest BCUT2D eigenvalue weighted by atomic mass is 10.4. The van der Waals surface area contributed by atoms with Gasteiger partial charge in [-0.05, 0) is 0 Å². The molecule has 0 aliphatic rings. The average Bonchev–Trinajstić information content (AvgIpc) is 2.75. The molecular formula is C9H7ClN4O2. The van der Waals surface area contributed by atoms with E-state index in [1.54, 1.807) is 6.20 Å². The highest BCUT2D eigenvalue weighted by Crippen LogP contribution is 2.09. The second-order valence-corrected chi connectivity index (χ2v) is 3.29. The minimum atomic E-state index is -0.530. The largest absolute Gasteiger partial charge is 0.464 e. The lowest BCUT2D eigenvalue weighted by Gasteiger charge is -2.00. The summed E-state index contributed by atoms with van der Waals surface area (Å²) in [6.45, 7) is 0. The van der Waals surface area contributed by atoms with Gasteiger partial charge in [0.25, 0.3) is 0 Å². The van der Waals surface area contributed by atoms with Crippen LogP contribution in [0, 0.1) is 0 Å². The molecule has 0 aliphatic heterocycles. The molecule has 2 rings (SSSR count). The first-order valence-electron chi connectivity index (χ1n) is 4.31. The summed E-state index contributed by atoms with van der Waals surface area (Å²) in [5, 5.41) is 4.45. The Morgan fingerprint density at radius 3 is 2.69 bits per heavy atom. The maximum Gasteiger partial charge on any atom is 0.358 e. The quantitative estimate of drug-likeness (QED) is 0.733. The van der Waals surface area contributed by atoms with E-state index in [1.807, 2.05) is 0 Å². The third kappa shape index (κ3) is 2.01. The fraction of sp³-hybridized carbons (Fsp3) is 0.111. The molecule has 0 N–H and O–H groups in total. The highest BCUT2D eigenvalue weighted by Gasteiger charge is 2.08. The predicted molar refractivity (Wildman–Crippen MR) is 55.5 cm³/mol. The van der Waals surface area contributed by atoms with Crippen LogP contribution in [0.15, 0.2) is 24.8 Å². The number of methoxy groups -OCH3 is 1. The average molecular weight is 239 g/mol. The Morgan fingerprint density at radius 1 is 1.38 bits per heavy atom. The number of aromatic nitrogens is 4. The minimum Gasteiger partial charge on any atom is -0.464 e. The number of esters is 1. The number of ether oxygens (including phenoxy) is 1. The van der Waals surface area contributed by atoms with E-state index in [9.17, 15) is 4.79 Å². The van der Waals surface area contributed by atoms with Gasteiger partial charge < -0.3 is 4.74 Å². The maximum absolute atomic E-state index is 11.1. The molecule has 0 unspecified atom stereocenters. The first-order chi connectivity index (χ1) is 7.70. The van der Waals surface area contributed by atoms with Crippen molar-refractivity contribution in [3.8, 4) is 5.82 Å². The van der Waals surface area contributed by atoms with Gasteiger partial charge in [0.15, 0.2) is 11.5 Å². The van der Waals surface area contributed by atoms with Crippen molar-refractivity contribution in [2.45, 2.75) is 0 Å². The summed E-state index contributed by atoms with van der Waals surface area (Å²) in [7, 11) is 1.28. The molecule has 7 heteroatoms. The molecule has 0 aromatic carbocycles. The molecule has 0 fully saturated rings. The molecule has 0 amide bonds. The van der Waals surface area contributed by atoms with Crippen molar-refractivity contribution in [2.24, 2.45) is 0 Å². The van der Waals surface area contributed by atoms with Gasteiger partial charge in [0.2, 0.25) is 0 Å². The zero-order chi connectivity index (χ0) is 11.5. The van der Waals surface area contributed by atoms with Gasteiger partial charge in [-0.2, -0.15) is 5.10 Å². The van der Waals surface area contributed by atoms with Crippen molar-refractivity contribution in [1.82, 2.24) is 19.7 Å². The molecule has 0 spiro atoms. The Hall–Kier alpha value is -1.95. The van der Waals surface area contributed by atoms with Crippen LogP contribution in [0.3, 0.4) is 0 Å². The van der Waals surface area contributed by atoms with Crippen LogP contribution < -0.4 is 0 Å². The number of hydrogen-bond acceptors (Lipinski definition) is 5. The highest BCUT2D eigenvalue weighted by atomic mass is 35.5. The second-order valence-electron chi connectivity index (χ2n) is 2.85. The van der Waals surface area contributed by atoms with E-state index in [1.165, 1.54) is 30.4 Å². The zero-order valence-electron chi connectivity index (χ0n) is 8.29. The molecule has 0 saturated carbocycles. The molecule has 2 aromatic heterocycles. The number of nitrogens with zero attached hydrogens (tertiary/aromatic N) is 4. The predicted octanol–water partition coefficient (Wildman–Crippen LogP) is 1.10. The Bertz CT molecular complexity index is 508. The Labute approximate surface area is 95.8 Å². The normalized spacial score (nSPS) is 10.1. The first kappa shape index (κ1) is 10.6. The standard InChI is InChI=1S/C9H7ClN4O2/c1-16-9(15)7-3-12-8(4-11-7)14-5-6(10)2-13-14/h2-5H,1H3. The van der Waals surface area contributed by atoms with Crippen LogP contribution in [0.1, 0.15) is 10.5 Å². The molecule has 0 saturated heterocycles. The fourth-order valence-electron chi connectivity index (χ4n) is 1.08. The molecule has 0 bridgehead atoms. The van der Waals surface area contributed by atoms with Crippen molar-refractivity contribution >= 4 is 17.6 Å². The van der Waals surface area contributed by atoms with E-state index >= 15 is 0 Å². The topological polar surface area (TPSA) is 69.9 Å². The van der Waals surface area contributed by atoms with Crippen molar-refractivity contribution in [2.75, 3.05) is 7.11 Å². The third-order valence-corrected chi connectivity index (χ3v) is 2.01. The van der Waals surface area contributed by atoms with Crippen LogP contribution in [-0.2, 0) is 4.74 Å². The van der Waals surface area contributed by atoms with E-state index in [-0.39, 0.29) is 5.69 Å². The summed E-state index contributed by atoms with van der Waals surface area (Å²) in [4.78, 5) is 19.0. The number of halogens is 1. The summed E-state index contributed by atoms with van der Waals surface area (Å²) in [6, 6.07) is 0. The van der Waals surface area contributed by atoms with Gasteiger partial charge in [0.1, 0.15) is 0 Å². The van der Waals surface area contributed by atoms with E-state index in [4.69, 9.17) is 11.6 Å². The van der Waals surface area contributed by atoms with Crippen LogP contribution in [0.5, 0.6) is 0 Å². The van der Waals surface area contributed by atoms with Crippen molar-refractivity contribution < 1.29 is 9.53 Å². The monoisotopic (exact) mass is 238 g/mol. The van der Waals surface area contributed by atoms with Gasteiger partial charge in [-0.1, -0.05) is 11.6 Å². The molecule has 82 valence electrons. The Morgan fingerprint density at radius 2 is 2.19 bits per heavy atom. The molecule has 2 aromatic rings.